The molecule has 1 fully saturated rings. The van der Waals surface area contributed by atoms with Gasteiger partial charge < -0.3 is 9.80 Å². The molecule has 0 spiro atoms. The van der Waals surface area contributed by atoms with Crippen molar-refractivity contribution in [3.63, 3.8) is 0 Å². The zero-order chi connectivity index (χ0) is 18.5. The highest BCUT2D eigenvalue weighted by Crippen LogP contribution is 2.22. The van der Waals surface area contributed by atoms with E-state index in [4.69, 9.17) is 0 Å². The Hall–Kier alpha value is -2.63. The lowest BCUT2D eigenvalue weighted by molar-refractivity contribution is -0.137. The van der Waals surface area contributed by atoms with Crippen LogP contribution in [0, 0.1) is 5.92 Å². The number of amides is 2. The molecule has 0 radical (unpaired) electrons. The van der Waals surface area contributed by atoms with Gasteiger partial charge in [-0.2, -0.15) is 5.10 Å². The first-order chi connectivity index (χ1) is 12.5. The Morgan fingerprint density at radius 3 is 2.73 bits per heavy atom. The molecule has 1 aliphatic rings. The predicted octanol–water partition coefficient (Wildman–Crippen LogP) is 1.51. The number of carbonyl (C=O) groups is 2. The van der Waals surface area contributed by atoms with Gasteiger partial charge >= 0.3 is 0 Å². The van der Waals surface area contributed by atoms with Crippen molar-refractivity contribution in [1.29, 1.82) is 0 Å². The summed E-state index contributed by atoms with van der Waals surface area (Å²) < 4.78 is 1.76. The number of likely N-dealkylation sites (N-methyl/N-ethyl adjacent to an activating group) is 1. The number of carbonyl (C=O) groups excluding carboxylic acids is 2. The first kappa shape index (κ1) is 18.2. The molecule has 1 aliphatic heterocycles. The topological polar surface area (TPSA) is 58.4 Å². The van der Waals surface area contributed by atoms with E-state index in [2.05, 4.69) is 17.2 Å². The molecule has 138 valence electrons. The molecule has 1 aromatic heterocycles. The van der Waals surface area contributed by atoms with Crippen LogP contribution in [0.5, 0.6) is 0 Å². The number of likely N-dealkylation sites (tertiary alicyclic amines) is 1. The third-order valence-corrected chi connectivity index (χ3v) is 4.91. The highest BCUT2D eigenvalue weighted by atomic mass is 16.2. The lowest BCUT2D eigenvalue weighted by Gasteiger charge is -2.22. The largest absolute Gasteiger partial charge is 0.344 e. The summed E-state index contributed by atoms with van der Waals surface area (Å²) in [6.07, 6.45) is 5.95. The van der Waals surface area contributed by atoms with Crippen molar-refractivity contribution in [3.8, 4) is 0 Å². The van der Waals surface area contributed by atoms with Gasteiger partial charge in [-0.3, -0.25) is 14.3 Å². The van der Waals surface area contributed by atoms with Crippen molar-refractivity contribution in [2.24, 2.45) is 13.0 Å². The Kier molecular flexibility index (Phi) is 5.71. The van der Waals surface area contributed by atoms with Crippen LogP contribution in [0.15, 0.2) is 42.7 Å². The van der Waals surface area contributed by atoms with Crippen molar-refractivity contribution in [1.82, 2.24) is 19.6 Å². The molecule has 0 unspecified atom stereocenters. The van der Waals surface area contributed by atoms with Crippen LogP contribution in [0.1, 0.15) is 17.5 Å². The summed E-state index contributed by atoms with van der Waals surface area (Å²) in [5.74, 6) is 0.362. The zero-order valence-electron chi connectivity index (χ0n) is 15.5. The van der Waals surface area contributed by atoms with E-state index in [1.165, 1.54) is 5.56 Å². The van der Waals surface area contributed by atoms with E-state index in [0.717, 1.165) is 18.4 Å². The summed E-state index contributed by atoms with van der Waals surface area (Å²) in [7, 11) is 3.67. The van der Waals surface area contributed by atoms with E-state index in [1.54, 1.807) is 21.5 Å². The Labute approximate surface area is 154 Å². The molecule has 6 nitrogen and oxygen atoms in total. The highest BCUT2D eigenvalue weighted by Gasteiger charge is 2.31. The average Bonchev–Trinajstić information content (AvgIpc) is 3.19. The van der Waals surface area contributed by atoms with Gasteiger partial charge in [0.25, 0.3) is 0 Å². The van der Waals surface area contributed by atoms with Crippen LogP contribution in [0.2, 0.25) is 0 Å². The van der Waals surface area contributed by atoms with Gasteiger partial charge in [-0.15, -0.1) is 0 Å². The summed E-state index contributed by atoms with van der Waals surface area (Å²) in [5, 5.41) is 4.14. The van der Waals surface area contributed by atoms with Gasteiger partial charge in [0.05, 0.1) is 12.7 Å². The van der Waals surface area contributed by atoms with Gasteiger partial charge in [-0.05, 0) is 29.9 Å². The molecule has 0 saturated carbocycles. The Morgan fingerprint density at radius 1 is 1.27 bits per heavy atom. The smallest absolute Gasteiger partial charge is 0.241 e. The van der Waals surface area contributed by atoms with Crippen LogP contribution in [-0.2, 0) is 29.5 Å². The number of hydrogen-bond acceptors (Lipinski definition) is 3. The quantitative estimate of drug-likeness (QED) is 0.757. The standard InChI is InChI=1S/C20H26N4O2/c1-22(9-8-17-12-21-23(2)13-17)20(26)15-24-14-18(11-19(24)25)10-16-6-4-3-5-7-16/h3-7,12-13,18H,8-11,14-15H2,1-2H3/t18-/m1/s1. The molecular weight excluding hydrogens is 328 g/mol. The van der Waals surface area contributed by atoms with Gasteiger partial charge in [0.2, 0.25) is 11.8 Å². The fourth-order valence-corrected chi connectivity index (χ4v) is 3.40. The maximum atomic E-state index is 12.4. The minimum atomic E-state index is -0.0115. The van der Waals surface area contributed by atoms with E-state index in [0.29, 0.717) is 25.4 Å². The van der Waals surface area contributed by atoms with Crippen molar-refractivity contribution in [2.45, 2.75) is 19.3 Å². The van der Waals surface area contributed by atoms with Crippen LogP contribution in [0.4, 0.5) is 0 Å². The molecule has 2 aromatic rings. The van der Waals surface area contributed by atoms with E-state index in [1.807, 2.05) is 37.6 Å². The fraction of sp³-hybridized carbons (Fsp3) is 0.450. The van der Waals surface area contributed by atoms with Gasteiger partial charge in [0.15, 0.2) is 0 Å². The zero-order valence-corrected chi connectivity index (χ0v) is 15.5. The number of aromatic nitrogens is 2. The monoisotopic (exact) mass is 354 g/mol. The van der Waals surface area contributed by atoms with Crippen molar-refractivity contribution in [2.75, 3.05) is 26.7 Å². The fourth-order valence-electron chi connectivity index (χ4n) is 3.40. The Balaban J connectivity index is 1.46. The Bertz CT molecular complexity index is 756. The summed E-state index contributed by atoms with van der Waals surface area (Å²) in [4.78, 5) is 28.1. The van der Waals surface area contributed by atoms with Gasteiger partial charge in [0, 0.05) is 39.8 Å². The van der Waals surface area contributed by atoms with E-state index in [9.17, 15) is 9.59 Å². The van der Waals surface area contributed by atoms with E-state index >= 15 is 0 Å². The second-order valence-corrected chi connectivity index (χ2v) is 7.12. The second kappa shape index (κ2) is 8.17. The molecule has 0 bridgehead atoms. The molecule has 3 rings (SSSR count). The predicted molar refractivity (Wildman–Crippen MR) is 99.4 cm³/mol. The minimum absolute atomic E-state index is 0.0115. The second-order valence-electron chi connectivity index (χ2n) is 7.12. The van der Waals surface area contributed by atoms with E-state index < -0.39 is 0 Å². The van der Waals surface area contributed by atoms with Crippen molar-refractivity contribution in [3.05, 3.63) is 53.9 Å². The SMILES string of the molecule is CN(CCc1cnn(C)c1)C(=O)CN1C[C@H](Cc2ccccc2)CC1=O. The molecule has 2 amide bonds. The molecule has 2 heterocycles. The number of nitrogens with zero attached hydrogens (tertiary/aromatic N) is 4. The molecule has 0 aliphatic carbocycles. The lowest BCUT2D eigenvalue weighted by Crippen LogP contribution is -2.40. The molecule has 1 atom stereocenters. The van der Waals surface area contributed by atoms with Crippen LogP contribution in [-0.4, -0.2) is 58.1 Å². The maximum absolute atomic E-state index is 12.4. The van der Waals surface area contributed by atoms with Gasteiger partial charge in [-0.25, -0.2) is 0 Å². The third-order valence-electron chi connectivity index (χ3n) is 4.91. The molecule has 1 aromatic carbocycles. The number of hydrogen-bond donors (Lipinski definition) is 0. The molecule has 1 saturated heterocycles. The normalized spacial score (nSPS) is 16.9. The summed E-state index contributed by atoms with van der Waals surface area (Å²) in [6, 6.07) is 10.2. The van der Waals surface area contributed by atoms with Crippen LogP contribution in [0.3, 0.4) is 0 Å². The summed E-state index contributed by atoms with van der Waals surface area (Å²) in [5.41, 5.74) is 2.35. The van der Waals surface area contributed by atoms with Crippen LogP contribution < -0.4 is 0 Å². The number of aryl methyl sites for hydroxylation is 1. The molecule has 26 heavy (non-hydrogen) atoms. The summed E-state index contributed by atoms with van der Waals surface area (Å²) >= 11 is 0. The van der Waals surface area contributed by atoms with E-state index in [-0.39, 0.29) is 18.4 Å². The molecular formula is C20H26N4O2. The first-order valence-corrected chi connectivity index (χ1v) is 9.04. The van der Waals surface area contributed by atoms with Crippen LogP contribution in [0.25, 0.3) is 0 Å². The maximum Gasteiger partial charge on any atom is 0.241 e. The minimum Gasteiger partial charge on any atom is -0.344 e. The number of rotatable bonds is 7. The average molecular weight is 354 g/mol. The van der Waals surface area contributed by atoms with Gasteiger partial charge in [0.1, 0.15) is 0 Å². The summed E-state index contributed by atoms with van der Waals surface area (Å²) in [6.45, 7) is 1.46. The lowest BCUT2D eigenvalue weighted by atomic mass is 9.99. The van der Waals surface area contributed by atoms with Crippen LogP contribution >= 0.6 is 0 Å². The Morgan fingerprint density at radius 2 is 2.04 bits per heavy atom. The highest BCUT2D eigenvalue weighted by molar-refractivity contribution is 5.86. The van der Waals surface area contributed by atoms with Crippen molar-refractivity contribution < 1.29 is 9.59 Å². The molecule has 0 N–H and O–H groups in total. The molecule has 6 heteroatoms. The van der Waals surface area contributed by atoms with Crippen molar-refractivity contribution >= 4 is 11.8 Å². The first-order valence-electron chi connectivity index (χ1n) is 9.04. The number of benzene rings is 1. The van der Waals surface area contributed by atoms with Gasteiger partial charge in [-0.1, -0.05) is 30.3 Å². The third kappa shape index (κ3) is 4.71.